The molecule has 0 aliphatic heterocycles. The standard InChI is InChI=1S/C16H13ClN2S/c17-13-6-7-14(18)15(9-13)20-10-12-4-1-3-11-5-2-8-19-16(11)12/h1-9H,10,18H2. The van der Waals surface area contributed by atoms with Crippen molar-refractivity contribution < 1.29 is 0 Å². The topological polar surface area (TPSA) is 38.9 Å². The molecule has 0 spiro atoms. The van der Waals surface area contributed by atoms with Crippen molar-refractivity contribution in [2.24, 2.45) is 0 Å². The van der Waals surface area contributed by atoms with Gasteiger partial charge in [0.05, 0.1) is 5.52 Å². The van der Waals surface area contributed by atoms with Gasteiger partial charge in [0.2, 0.25) is 0 Å². The smallest absolute Gasteiger partial charge is 0.0742 e. The van der Waals surface area contributed by atoms with E-state index in [2.05, 4.69) is 29.2 Å². The Hall–Kier alpha value is -1.71. The van der Waals surface area contributed by atoms with E-state index in [1.807, 2.05) is 24.4 Å². The van der Waals surface area contributed by atoms with Crippen molar-refractivity contribution in [1.82, 2.24) is 4.98 Å². The second kappa shape index (κ2) is 5.73. The predicted octanol–water partition coefficient (Wildman–Crippen LogP) is 4.76. The summed E-state index contributed by atoms with van der Waals surface area (Å²) < 4.78 is 0. The highest BCUT2D eigenvalue weighted by molar-refractivity contribution is 7.98. The molecule has 20 heavy (non-hydrogen) atoms. The maximum absolute atomic E-state index is 6.01. The lowest BCUT2D eigenvalue weighted by Gasteiger charge is -2.08. The van der Waals surface area contributed by atoms with Crippen LogP contribution in [0, 0.1) is 0 Å². The Kier molecular flexibility index (Phi) is 3.81. The van der Waals surface area contributed by atoms with Crippen LogP contribution in [0.15, 0.2) is 59.6 Å². The predicted molar refractivity (Wildman–Crippen MR) is 87.2 cm³/mol. The number of nitrogens with zero attached hydrogens (tertiary/aromatic N) is 1. The van der Waals surface area contributed by atoms with Crippen LogP contribution in [0.1, 0.15) is 5.56 Å². The molecule has 1 heterocycles. The zero-order valence-corrected chi connectivity index (χ0v) is 12.3. The van der Waals surface area contributed by atoms with E-state index in [-0.39, 0.29) is 0 Å². The lowest BCUT2D eigenvalue weighted by molar-refractivity contribution is 1.34. The highest BCUT2D eigenvalue weighted by Crippen LogP contribution is 2.32. The van der Waals surface area contributed by atoms with Gasteiger partial charge in [-0.25, -0.2) is 0 Å². The monoisotopic (exact) mass is 300 g/mol. The second-order valence-electron chi connectivity index (χ2n) is 4.46. The van der Waals surface area contributed by atoms with Crippen LogP contribution >= 0.6 is 23.4 Å². The third kappa shape index (κ3) is 2.74. The summed E-state index contributed by atoms with van der Waals surface area (Å²) in [5, 5.41) is 1.86. The van der Waals surface area contributed by atoms with Crippen molar-refractivity contribution in [2.45, 2.75) is 10.6 Å². The first-order valence-corrected chi connectivity index (χ1v) is 7.61. The maximum atomic E-state index is 6.01. The van der Waals surface area contributed by atoms with Crippen molar-refractivity contribution in [1.29, 1.82) is 0 Å². The Bertz CT molecular complexity index is 753. The molecule has 3 aromatic rings. The number of halogens is 1. The van der Waals surface area contributed by atoms with Gasteiger partial charge in [0.25, 0.3) is 0 Å². The van der Waals surface area contributed by atoms with E-state index in [1.54, 1.807) is 17.8 Å². The molecule has 2 aromatic carbocycles. The first-order chi connectivity index (χ1) is 9.74. The van der Waals surface area contributed by atoms with Crippen LogP contribution in [0.5, 0.6) is 0 Å². The largest absolute Gasteiger partial charge is 0.398 e. The third-order valence-electron chi connectivity index (χ3n) is 3.08. The highest BCUT2D eigenvalue weighted by Gasteiger charge is 2.05. The van der Waals surface area contributed by atoms with Gasteiger partial charge in [-0.1, -0.05) is 35.9 Å². The first-order valence-electron chi connectivity index (χ1n) is 6.24. The van der Waals surface area contributed by atoms with Crippen molar-refractivity contribution >= 4 is 40.0 Å². The van der Waals surface area contributed by atoms with Gasteiger partial charge in [0.1, 0.15) is 0 Å². The Balaban J connectivity index is 1.89. The fraction of sp³-hybridized carbons (Fsp3) is 0.0625. The van der Waals surface area contributed by atoms with Gasteiger partial charge in [0, 0.05) is 32.9 Å². The number of anilines is 1. The Morgan fingerprint density at radius 3 is 2.85 bits per heavy atom. The number of hydrogen-bond donors (Lipinski definition) is 1. The molecular formula is C16H13ClN2S. The van der Waals surface area contributed by atoms with Gasteiger partial charge >= 0.3 is 0 Å². The van der Waals surface area contributed by atoms with Gasteiger partial charge in [-0.15, -0.1) is 11.8 Å². The molecule has 1 aromatic heterocycles. The number of aromatic nitrogens is 1. The summed E-state index contributed by atoms with van der Waals surface area (Å²) in [6, 6.07) is 15.8. The molecule has 3 rings (SSSR count). The SMILES string of the molecule is Nc1ccc(Cl)cc1SCc1cccc2cccnc12. The van der Waals surface area contributed by atoms with Crippen LogP contribution in [0.3, 0.4) is 0 Å². The van der Waals surface area contributed by atoms with Crippen LogP contribution in [-0.4, -0.2) is 4.98 Å². The van der Waals surface area contributed by atoms with Crippen molar-refractivity contribution in [3.05, 3.63) is 65.3 Å². The van der Waals surface area contributed by atoms with Gasteiger partial charge in [0.15, 0.2) is 0 Å². The molecule has 0 saturated heterocycles. The van der Waals surface area contributed by atoms with E-state index < -0.39 is 0 Å². The summed E-state index contributed by atoms with van der Waals surface area (Å²) in [5.41, 5.74) is 8.97. The molecule has 0 radical (unpaired) electrons. The second-order valence-corrected chi connectivity index (χ2v) is 5.92. The highest BCUT2D eigenvalue weighted by atomic mass is 35.5. The first kappa shape index (κ1) is 13.3. The van der Waals surface area contributed by atoms with Crippen LogP contribution in [0.4, 0.5) is 5.69 Å². The van der Waals surface area contributed by atoms with Crippen LogP contribution in [0.25, 0.3) is 10.9 Å². The van der Waals surface area contributed by atoms with Crippen LogP contribution < -0.4 is 5.73 Å². The lowest BCUT2D eigenvalue weighted by atomic mass is 10.1. The molecule has 0 unspecified atom stereocenters. The lowest BCUT2D eigenvalue weighted by Crippen LogP contribution is -1.90. The van der Waals surface area contributed by atoms with E-state index in [4.69, 9.17) is 17.3 Å². The third-order valence-corrected chi connectivity index (χ3v) is 4.43. The van der Waals surface area contributed by atoms with E-state index in [1.165, 1.54) is 5.56 Å². The Morgan fingerprint density at radius 2 is 1.95 bits per heavy atom. The minimum absolute atomic E-state index is 0.706. The number of para-hydroxylation sites is 1. The molecule has 2 nitrogen and oxygen atoms in total. The van der Waals surface area contributed by atoms with E-state index in [0.717, 1.165) is 27.2 Å². The summed E-state index contributed by atoms with van der Waals surface area (Å²) in [6.45, 7) is 0. The minimum Gasteiger partial charge on any atom is -0.398 e. The van der Waals surface area contributed by atoms with Crippen molar-refractivity contribution in [3.8, 4) is 0 Å². The fourth-order valence-corrected chi connectivity index (χ4v) is 3.30. The molecule has 0 aliphatic carbocycles. The quantitative estimate of drug-likeness (QED) is 0.560. The minimum atomic E-state index is 0.706. The molecule has 0 fully saturated rings. The average molecular weight is 301 g/mol. The Labute approximate surface area is 127 Å². The number of hydrogen-bond acceptors (Lipinski definition) is 3. The molecule has 100 valence electrons. The summed E-state index contributed by atoms with van der Waals surface area (Å²) >= 11 is 7.69. The zero-order valence-electron chi connectivity index (χ0n) is 10.7. The van der Waals surface area contributed by atoms with Gasteiger partial charge in [-0.3, -0.25) is 4.98 Å². The van der Waals surface area contributed by atoms with Crippen molar-refractivity contribution in [2.75, 3.05) is 5.73 Å². The fourth-order valence-electron chi connectivity index (χ4n) is 2.07. The molecular weight excluding hydrogens is 288 g/mol. The number of thioether (sulfide) groups is 1. The normalized spacial score (nSPS) is 10.8. The van der Waals surface area contributed by atoms with Crippen molar-refractivity contribution in [3.63, 3.8) is 0 Å². The number of benzene rings is 2. The summed E-state index contributed by atoms with van der Waals surface area (Å²) in [7, 11) is 0. The zero-order chi connectivity index (χ0) is 13.9. The number of nitrogen functional groups attached to an aromatic ring is 1. The molecule has 2 N–H and O–H groups in total. The molecule has 0 saturated carbocycles. The van der Waals surface area contributed by atoms with Gasteiger partial charge in [-0.05, 0) is 29.8 Å². The molecule has 0 atom stereocenters. The summed E-state index contributed by atoms with van der Waals surface area (Å²) in [4.78, 5) is 5.47. The van der Waals surface area contributed by atoms with Crippen LogP contribution in [-0.2, 0) is 5.75 Å². The number of fused-ring (bicyclic) bond motifs is 1. The van der Waals surface area contributed by atoms with Gasteiger partial charge in [-0.2, -0.15) is 0 Å². The van der Waals surface area contributed by atoms with Crippen LogP contribution in [0.2, 0.25) is 5.02 Å². The number of nitrogens with two attached hydrogens (primary N) is 1. The number of rotatable bonds is 3. The van der Waals surface area contributed by atoms with E-state index in [9.17, 15) is 0 Å². The van der Waals surface area contributed by atoms with E-state index >= 15 is 0 Å². The summed E-state index contributed by atoms with van der Waals surface area (Å²) in [5.74, 6) is 0.818. The Morgan fingerprint density at radius 1 is 1.10 bits per heavy atom. The van der Waals surface area contributed by atoms with E-state index in [0.29, 0.717) is 5.02 Å². The van der Waals surface area contributed by atoms with Gasteiger partial charge < -0.3 is 5.73 Å². The molecule has 0 bridgehead atoms. The molecule has 0 aliphatic rings. The average Bonchev–Trinajstić information content (AvgIpc) is 2.48. The maximum Gasteiger partial charge on any atom is 0.0742 e. The molecule has 4 heteroatoms. The number of pyridine rings is 1. The molecule has 0 amide bonds. The summed E-state index contributed by atoms with van der Waals surface area (Å²) in [6.07, 6.45) is 1.82.